The lowest BCUT2D eigenvalue weighted by molar-refractivity contribution is 0.281. The summed E-state index contributed by atoms with van der Waals surface area (Å²) >= 11 is 6.19. The summed E-state index contributed by atoms with van der Waals surface area (Å²) in [5.74, 6) is 0.0938. The third-order valence-electron chi connectivity index (χ3n) is 3.27. The first-order chi connectivity index (χ1) is 10.1. The van der Waals surface area contributed by atoms with E-state index in [1.54, 1.807) is 18.2 Å². The summed E-state index contributed by atoms with van der Waals surface area (Å²) in [5.41, 5.74) is 0.406. The van der Waals surface area contributed by atoms with Gasteiger partial charge < -0.3 is 14.6 Å². The standard InChI is InChI=1S/C16H11ClO4/c17-15-10(8-18)6-12(19)14-11(15)7-13(21-16(14)20)9-4-2-1-3-5-9/h1-7,18-19H,8H2. The zero-order valence-corrected chi connectivity index (χ0v) is 11.6. The predicted molar refractivity (Wildman–Crippen MR) is 80.5 cm³/mol. The van der Waals surface area contributed by atoms with Gasteiger partial charge in [-0.2, -0.15) is 0 Å². The molecule has 1 aromatic heterocycles. The second-order valence-corrected chi connectivity index (χ2v) is 4.96. The van der Waals surface area contributed by atoms with E-state index in [0.29, 0.717) is 16.7 Å². The molecule has 2 aromatic carbocycles. The SMILES string of the molecule is O=c1oc(-c2ccccc2)cc2c(Cl)c(CO)cc(O)c12. The second-order valence-electron chi connectivity index (χ2n) is 4.58. The highest BCUT2D eigenvalue weighted by atomic mass is 35.5. The van der Waals surface area contributed by atoms with Gasteiger partial charge >= 0.3 is 5.63 Å². The average molecular weight is 303 g/mol. The number of rotatable bonds is 2. The summed E-state index contributed by atoms with van der Waals surface area (Å²) in [7, 11) is 0. The van der Waals surface area contributed by atoms with Crippen molar-refractivity contribution in [2.45, 2.75) is 6.61 Å². The number of halogens is 1. The molecular formula is C16H11ClO4. The topological polar surface area (TPSA) is 70.7 Å². The molecule has 106 valence electrons. The third-order valence-corrected chi connectivity index (χ3v) is 3.71. The Labute approximate surface area is 124 Å². The summed E-state index contributed by atoms with van der Waals surface area (Å²) < 4.78 is 5.25. The maximum absolute atomic E-state index is 12.1. The Bertz CT molecular complexity index is 869. The molecule has 0 atom stereocenters. The van der Waals surface area contributed by atoms with Crippen molar-refractivity contribution < 1.29 is 14.6 Å². The Morgan fingerprint density at radius 2 is 1.86 bits per heavy atom. The maximum atomic E-state index is 12.1. The van der Waals surface area contributed by atoms with Gasteiger partial charge in [0.1, 0.15) is 16.9 Å². The van der Waals surface area contributed by atoms with Gasteiger partial charge in [-0.3, -0.25) is 0 Å². The van der Waals surface area contributed by atoms with Gasteiger partial charge in [0.2, 0.25) is 0 Å². The third kappa shape index (κ3) is 2.28. The Morgan fingerprint density at radius 3 is 2.52 bits per heavy atom. The Kier molecular flexibility index (Phi) is 3.41. The number of phenols is 1. The molecule has 0 aliphatic rings. The van der Waals surface area contributed by atoms with Crippen LogP contribution in [0.4, 0.5) is 0 Å². The number of hydrogen-bond donors (Lipinski definition) is 2. The van der Waals surface area contributed by atoms with E-state index in [1.807, 2.05) is 18.2 Å². The van der Waals surface area contributed by atoms with Crippen LogP contribution in [-0.4, -0.2) is 10.2 Å². The molecule has 5 heteroatoms. The molecule has 0 saturated carbocycles. The molecule has 0 saturated heterocycles. The predicted octanol–water partition coefficient (Wildman–Crippen LogP) is 3.31. The molecule has 2 N–H and O–H groups in total. The molecule has 0 unspecified atom stereocenters. The summed E-state index contributed by atoms with van der Waals surface area (Å²) in [5, 5.41) is 19.8. The Hall–Kier alpha value is -2.30. The molecule has 0 radical (unpaired) electrons. The highest BCUT2D eigenvalue weighted by molar-refractivity contribution is 6.36. The van der Waals surface area contributed by atoms with Gasteiger partial charge in [0.25, 0.3) is 0 Å². The quantitative estimate of drug-likeness (QED) is 0.762. The highest BCUT2D eigenvalue weighted by Crippen LogP contribution is 2.34. The number of phenolic OH excluding ortho intramolecular Hbond substituents is 1. The van der Waals surface area contributed by atoms with Crippen LogP contribution >= 0.6 is 11.6 Å². The summed E-state index contributed by atoms with van der Waals surface area (Å²) in [6.07, 6.45) is 0. The molecule has 3 aromatic rings. The minimum atomic E-state index is -0.671. The zero-order chi connectivity index (χ0) is 15.0. The van der Waals surface area contributed by atoms with E-state index in [2.05, 4.69) is 0 Å². The highest BCUT2D eigenvalue weighted by Gasteiger charge is 2.16. The van der Waals surface area contributed by atoms with Gasteiger partial charge in [-0.05, 0) is 12.1 Å². The van der Waals surface area contributed by atoms with Crippen LogP contribution in [0.15, 0.2) is 51.7 Å². The van der Waals surface area contributed by atoms with Crippen molar-refractivity contribution >= 4 is 22.4 Å². The fraction of sp³-hybridized carbons (Fsp3) is 0.0625. The van der Waals surface area contributed by atoms with Crippen LogP contribution in [-0.2, 0) is 6.61 Å². The van der Waals surface area contributed by atoms with Crippen LogP contribution in [0.5, 0.6) is 5.75 Å². The normalized spacial score (nSPS) is 11.0. The first-order valence-electron chi connectivity index (χ1n) is 6.26. The molecule has 0 spiro atoms. The van der Waals surface area contributed by atoms with E-state index in [9.17, 15) is 15.0 Å². The van der Waals surface area contributed by atoms with Crippen molar-refractivity contribution in [2.24, 2.45) is 0 Å². The summed E-state index contributed by atoms with van der Waals surface area (Å²) in [4.78, 5) is 12.1. The number of fused-ring (bicyclic) bond motifs is 1. The molecule has 0 amide bonds. The lowest BCUT2D eigenvalue weighted by Crippen LogP contribution is -2.02. The van der Waals surface area contributed by atoms with Crippen molar-refractivity contribution in [1.82, 2.24) is 0 Å². The molecule has 0 aliphatic heterocycles. The van der Waals surface area contributed by atoms with Gasteiger partial charge in [-0.15, -0.1) is 0 Å². The number of hydrogen-bond acceptors (Lipinski definition) is 4. The van der Waals surface area contributed by atoms with Crippen molar-refractivity contribution in [3.63, 3.8) is 0 Å². The summed E-state index contributed by atoms with van der Waals surface area (Å²) in [6, 6.07) is 12.0. The molecule has 3 rings (SSSR count). The second kappa shape index (κ2) is 5.24. The molecular weight excluding hydrogens is 292 g/mol. The van der Waals surface area contributed by atoms with E-state index in [4.69, 9.17) is 16.0 Å². The van der Waals surface area contributed by atoms with Gasteiger partial charge in [-0.1, -0.05) is 41.9 Å². The molecule has 21 heavy (non-hydrogen) atoms. The fourth-order valence-corrected chi connectivity index (χ4v) is 2.51. The smallest absolute Gasteiger partial charge is 0.348 e. The number of aliphatic hydroxyl groups excluding tert-OH is 1. The van der Waals surface area contributed by atoms with Gasteiger partial charge in [0, 0.05) is 16.5 Å². The Morgan fingerprint density at radius 1 is 1.14 bits per heavy atom. The Balaban J connectivity index is 2.38. The average Bonchev–Trinajstić information content (AvgIpc) is 2.51. The zero-order valence-electron chi connectivity index (χ0n) is 10.8. The van der Waals surface area contributed by atoms with E-state index < -0.39 is 5.63 Å². The van der Waals surface area contributed by atoms with Crippen LogP contribution in [0.1, 0.15) is 5.56 Å². The fourth-order valence-electron chi connectivity index (χ4n) is 2.24. The number of aliphatic hydroxyl groups is 1. The monoisotopic (exact) mass is 302 g/mol. The van der Waals surface area contributed by atoms with Crippen molar-refractivity contribution in [3.8, 4) is 17.1 Å². The van der Waals surface area contributed by atoms with E-state index >= 15 is 0 Å². The number of aromatic hydroxyl groups is 1. The van der Waals surface area contributed by atoms with E-state index in [-0.39, 0.29) is 22.8 Å². The van der Waals surface area contributed by atoms with Crippen molar-refractivity contribution in [3.05, 3.63) is 63.5 Å². The van der Waals surface area contributed by atoms with Crippen LogP contribution in [0.2, 0.25) is 5.02 Å². The largest absolute Gasteiger partial charge is 0.507 e. The first kappa shape index (κ1) is 13.7. The van der Waals surface area contributed by atoms with Crippen LogP contribution < -0.4 is 5.63 Å². The molecule has 0 aliphatic carbocycles. The van der Waals surface area contributed by atoms with E-state index in [1.165, 1.54) is 6.07 Å². The van der Waals surface area contributed by atoms with Crippen molar-refractivity contribution in [1.29, 1.82) is 0 Å². The first-order valence-corrected chi connectivity index (χ1v) is 6.64. The number of benzene rings is 2. The van der Waals surface area contributed by atoms with Crippen LogP contribution in [0.25, 0.3) is 22.1 Å². The van der Waals surface area contributed by atoms with Crippen LogP contribution in [0.3, 0.4) is 0 Å². The maximum Gasteiger partial charge on any atom is 0.348 e. The lowest BCUT2D eigenvalue weighted by atomic mass is 10.1. The van der Waals surface area contributed by atoms with Crippen molar-refractivity contribution in [2.75, 3.05) is 0 Å². The molecule has 0 fully saturated rings. The molecule has 0 bridgehead atoms. The minimum absolute atomic E-state index is 0.0110. The van der Waals surface area contributed by atoms with E-state index in [0.717, 1.165) is 5.56 Å². The molecule has 4 nitrogen and oxygen atoms in total. The van der Waals surface area contributed by atoms with Gasteiger partial charge in [0.05, 0.1) is 11.6 Å². The summed E-state index contributed by atoms with van der Waals surface area (Å²) in [6.45, 7) is -0.330. The lowest BCUT2D eigenvalue weighted by Gasteiger charge is -2.08. The van der Waals surface area contributed by atoms with Gasteiger partial charge in [0.15, 0.2) is 0 Å². The van der Waals surface area contributed by atoms with Crippen LogP contribution in [0, 0.1) is 0 Å². The van der Waals surface area contributed by atoms with Gasteiger partial charge in [-0.25, -0.2) is 4.79 Å². The minimum Gasteiger partial charge on any atom is -0.507 e. The molecule has 1 heterocycles.